The van der Waals surface area contributed by atoms with Gasteiger partial charge in [-0.05, 0) is 31.5 Å². The maximum absolute atomic E-state index is 4.79. The highest BCUT2D eigenvalue weighted by Crippen LogP contribution is 2.37. The molecule has 3 nitrogen and oxygen atoms in total. The second-order valence-corrected chi connectivity index (χ2v) is 7.83. The van der Waals surface area contributed by atoms with Crippen LogP contribution in [0.25, 0.3) is 10.9 Å². The molecule has 3 aromatic rings. The zero-order valence-electron chi connectivity index (χ0n) is 14.1. The minimum atomic E-state index is 0.635. The highest BCUT2D eigenvalue weighted by molar-refractivity contribution is 8.00. The van der Waals surface area contributed by atoms with Crippen molar-refractivity contribution in [3.63, 3.8) is 0 Å². The first-order chi connectivity index (χ1) is 11.7. The lowest BCUT2D eigenvalue weighted by Crippen LogP contribution is -2.25. The van der Waals surface area contributed by atoms with Crippen molar-refractivity contribution in [3.8, 4) is 0 Å². The van der Waals surface area contributed by atoms with Crippen molar-refractivity contribution in [2.24, 2.45) is 0 Å². The molecule has 0 N–H and O–H groups in total. The Balaban J connectivity index is 1.70. The Kier molecular flexibility index (Phi) is 4.15. The third-order valence-corrected chi connectivity index (χ3v) is 5.75. The van der Waals surface area contributed by atoms with Crippen LogP contribution in [0, 0.1) is 6.92 Å². The molecule has 0 fully saturated rings. The van der Waals surface area contributed by atoms with Crippen LogP contribution in [0.3, 0.4) is 0 Å². The Hall–Kier alpha value is -2.07. The van der Waals surface area contributed by atoms with Crippen LogP contribution in [-0.4, -0.2) is 21.8 Å². The van der Waals surface area contributed by atoms with Crippen molar-refractivity contribution in [2.75, 3.05) is 11.4 Å². The van der Waals surface area contributed by atoms with Gasteiger partial charge in [0.2, 0.25) is 0 Å². The third kappa shape index (κ3) is 2.98. The van der Waals surface area contributed by atoms with Crippen molar-refractivity contribution in [1.29, 1.82) is 0 Å². The van der Waals surface area contributed by atoms with Crippen LogP contribution >= 0.6 is 11.8 Å². The Bertz CT molecular complexity index is 878. The highest BCUT2D eigenvalue weighted by atomic mass is 32.2. The number of rotatable bonds is 2. The molecule has 2 aromatic carbocycles. The number of anilines is 1. The van der Waals surface area contributed by atoms with E-state index in [0.29, 0.717) is 5.25 Å². The van der Waals surface area contributed by atoms with Crippen molar-refractivity contribution in [1.82, 2.24) is 9.97 Å². The van der Waals surface area contributed by atoms with Gasteiger partial charge in [0.25, 0.3) is 0 Å². The summed E-state index contributed by atoms with van der Waals surface area (Å²) in [6.07, 6.45) is 1.17. The first kappa shape index (κ1) is 15.5. The van der Waals surface area contributed by atoms with Gasteiger partial charge in [-0.25, -0.2) is 9.97 Å². The van der Waals surface area contributed by atoms with Gasteiger partial charge in [-0.15, -0.1) is 11.8 Å². The normalized spacial score (nSPS) is 17.6. The summed E-state index contributed by atoms with van der Waals surface area (Å²) in [6.45, 7) is 6.18. The summed E-state index contributed by atoms with van der Waals surface area (Å²) >= 11 is 1.97. The van der Waals surface area contributed by atoms with Crippen molar-refractivity contribution in [2.45, 2.75) is 37.0 Å². The van der Waals surface area contributed by atoms with Crippen LogP contribution in [0.5, 0.6) is 0 Å². The SMILES string of the molecule is Cc1nc(CN2CCC(C)Sc3ccccc32)nc2ccccc12. The summed E-state index contributed by atoms with van der Waals surface area (Å²) in [7, 11) is 0. The summed E-state index contributed by atoms with van der Waals surface area (Å²) in [5.41, 5.74) is 3.40. The lowest BCUT2D eigenvalue weighted by atomic mass is 10.2. The molecule has 1 aliphatic rings. The predicted octanol–water partition coefficient (Wildman–Crippen LogP) is 4.83. The monoisotopic (exact) mass is 335 g/mol. The Morgan fingerprint density at radius 2 is 1.88 bits per heavy atom. The molecule has 122 valence electrons. The Morgan fingerprint density at radius 3 is 2.79 bits per heavy atom. The van der Waals surface area contributed by atoms with E-state index in [1.54, 1.807) is 0 Å². The summed E-state index contributed by atoms with van der Waals surface area (Å²) in [5.74, 6) is 0.903. The van der Waals surface area contributed by atoms with E-state index in [2.05, 4.69) is 55.1 Å². The van der Waals surface area contributed by atoms with E-state index in [9.17, 15) is 0 Å². The molecule has 1 atom stereocenters. The van der Waals surface area contributed by atoms with Gasteiger partial charge in [0, 0.05) is 27.8 Å². The molecule has 4 heteroatoms. The molecule has 0 spiro atoms. The molecule has 0 saturated carbocycles. The minimum Gasteiger partial charge on any atom is -0.363 e. The third-order valence-electron chi connectivity index (χ3n) is 4.51. The molecule has 1 aliphatic heterocycles. The van der Waals surface area contributed by atoms with Crippen LogP contribution in [0.4, 0.5) is 5.69 Å². The number of hydrogen-bond donors (Lipinski definition) is 0. The van der Waals surface area contributed by atoms with Gasteiger partial charge >= 0.3 is 0 Å². The molecule has 0 amide bonds. The molecular weight excluding hydrogens is 314 g/mol. The second kappa shape index (κ2) is 6.44. The summed E-state index contributed by atoms with van der Waals surface area (Å²) < 4.78 is 0. The molecule has 1 unspecified atom stereocenters. The first-order valence-corrected chi connectivity index (χ1v) is 9.31. The fraction of sp³-hybridized carbons (Fsp3) is 0.300. The molecule has 0 radical (unpaired) electrons. The molecule has 4 rings (SSSR count). The molecule has 0 saturated heterocycles. The summed E-state index contributed by atoms with van der Waals surface area (Å²) in [5, 5.41) is 1.78. The van der Waals surface area contributed by atoms with E-state index in [4.69, 9.17) is 9.97 Å². The number of fused-ring (bicyclic) bond motifs is 2. The minimum absolute atomic E-state index is 0.635. The van der Waals surface area contributed by atoms with Crippen LogP contribution < -0.4 is 4.90 Å². The molecular formula is C20H21N3S. The smallest absolute Gasteiger partial charge is 0.148 e. The van der Waals surface area contributed by atoms with E-state index in [1.165, 1.54) is 17.0 Å². The number of nitrogens with zero attached hydrogens (tertiary/aromatic N) is 3. The van der Waals surface area contributed by atoms with Gasteiger partial charge in [-0.3, -0.25) is 0 Å². The van der Waals surface area contributed by atoms with Gasteiger partial charge in [-0.1, -0.05) is 37.3 Å². The van der Waals surface area contributed by atoms with Gasteiger partial charge in [-0.2, -0.15) is 0 Å². The number of para-hydroxylation sites is 2. The first-order valence-electron chi connectivity index (χ1n) is 8.43. The number of hydrogen-bond acceptors (Lipinski definition) is 4. The zero-order valence-corrected chi connectivity index (χ0v) is 14.9. The second-order valence-electron chi connectivity index (χ2n) is 6.35. The topological polar surface area (TPSA) is 29.0 Å². The maximum Gasteiger partial charge on any atom is 0.148 e. The molecule has 24 heavy (non-hydrogen) atoms. The average molecular weight is 335 g/mol. The fourth-order valence-electron chi connectivity index (χ4n) is 3.25. The largest absolute Gasteiger partial charge is 0.363 e. The lowest BCUT2D eigenvalue weighted by Gasteiger charge is -2.24. The van der Waals surface area contributed by atoms with Crippen molar-refractivity contribution < 1.29 is 0 Å². The van der Waals surface area contributed by atoms with Gasteiger partial charge in [0.1, 0.15) is 5.82 Å². The van der Waals surface area contributed by atoms with Gasteiger partial charge in [0.05, 0.1) is 17.7 Å². The maximum atomic E-state index is 4.79. The van der Waals surface area contributed by atoms with Crippen LogP contribution in [0.15, 0.2) is 53.4 Å². The Morgan fingerprint density at radius 1 is 1.08 bits per heavy atom. The van der Waals surface area contributed by atoms with Crippen molar-refractivity contribution in [3.05, 3.63) is 60.0 Å². The molecule has 0 aliphatic carbocycles. The average Bonchev–Trinajstić information content (AvgIpc) is 2.74. The fourth-order valence-corrected chi connectivity index (χ4v) is 4.38. The molecule has 2 heterocycles. The standard InChI is InChI=1S/C20H21N3S/c1-14-11-12-23(18-9-5-6-10-19(18)24-14)13-20-21-15(2)16-7-3-4-8-17(16)22-20/h3-10,14H,11-13H2,1-2H3. The molecule has 1 aromatic heterocycles. The lowest BCUT2D eigenvalue weighted by molar-refractivity contribution is 0.708. The van der Waals surface area contributed by atoms with Crippen molar-refractivity contribution >= 4 is 28.4 Å². The predicted molar refractivity (Wildman–Crippen MR) is 102 cm³/mol. The number of benzene rings is 2. The van der Waals surface area contributed by atoms with Gasteiger partial charge < -0.3 is 4.90 Å². The van der Waals surface area contributed by atoms with Crippen LogP contribution in [0.1, 0.15) is 24.9 Å². The number of thioether (sulfide) groups is 1. The quantitative estimate of drug-likeness (QED) is 0.671. The van der Waals surface area contributed by atoms with Crippen LogP contribution in [-0.2, 0) is 6.54 Å². The van der Waals surface area contributed by atoms with E-state index >= 15 is 0 Å². The zero-order chi connectivity index (χ0) is 16.5. The summed E-state index contributed by atoms with van der Waals surface area (Å²) in [6, 6.07) is 16.9. The number of aryl methyl sites for hydroxylation is 1. The van der Waals surface area contributed by atoms with E-state index in [1.807, 2.05) is 23.9 Å². The Labute approximate surface area is 147 Å². The highest BCUT2D eigenvalue weighted by Gasteiger charge is 2.20. The van der Waals surface area contributed by atoms with E-state index in [0.717, 1.165) is 35.5 Å². The number of aromatic nitrogens is 2. The van der Waals surface area contributed by atoms with E-state index < -0.39 is 0 Å². The van der Waals surface area contributed by atoms with Crippen LogP contribution in [0.2, 0.25) is 0 Å². The van der Waals surface area contributed by atoms with Gasteiger partial charge in [0.15, 0.2) is 0 Å². The molecule has 0 bridgehead atoms. The van der Waals surface area contributed by atoms with E-state index in [-0.39, 0.29) is 0 Å². The summed E-state index contributed by atoms with van der Waals surface area (Å²) in [4.78, 5) is 13.3.